The lowest BCUT2D eigenvalue weighted by molar-refractivity contribution is 0.282. The van der Waals surface area contributed by atoms with Gasteiger partial charge in [0.1, 0.15) is 5.01 Å². The highest BCUT2D eigenvalue weighted by Gasteiger charge is 2.16. The normalized spacial score (nSPS) is 22.0. The maximum Gasteiger partial charge on any atom is 0.107 e. The highest BCUT2D eigenvalue weighted by molar-refractivity contribution is 7.11. The van der Waals surface area contributed by atoms with Crippen molar-refractivity contribution in [2.45, 2.75) is 52.1 Å². The molecule has 4 heteroatoms. The van der Waals surface area contributed by atoms with Gasteiger partial charge in [-0.3, -0.25) is 0 Å². The van der Waals surface area contributed by atoms with Gasteiger partial charge in [0.15, 0.2) is 0 Å². The molecule has 0 saturated carbocycles. The number of hydrogen-bond acceptors (Lipinski definition) is 4. The molecule has 1 aliphatic rings. The quantitative estimate of drug-likeness (QED) is 0.889. The summed E-state index contributed by atoms with van der Waals surface area (Å²) in [5.41, 5.74) is 0. The Bertz CT molecular complexity index is 351. The summed E-state index contributed by atoms with van der Waals surface area (Å²) in [5.74, 6) is 0. The Morgan fingerprint density at radius 1 is 1.44 bits per heavy atom. The molecule has 0 aromatic carbocycles. The number of aryl methyl sites for hydroxylation is 1. The van der Waals surface area contributed by atoms with Gasteiger partial charge in [-0.1, -0.05) is 6.92 Å². The summed E-state index contributed by atoms with van der Waals surface area (Å²) in [7, 11) is 0. The van der Waals surface area contributed by atoms with Crippen molar-refractivity contribution < 1.29 is 0 Å². The Hall–Kier alpha value is -0.450. The van der Waals surface area contributed by atoms with E-state index in [1.807, 2.05) is 6.20 Å². The average Bonchev–Trinajstić information content (AvgIpc) is 2.64. The van der Waals surface area contributed by atoms with E-state index in [0.717, 1.165) is 6.54 Å². The maximum atomic E-state index is 4.41. The highest BCUT2D eigenvalue weighted by Crippen LogP contribution is 2.14. The Morgan fingerprint density at radius 3 is 3.06 bits per heavy atom. The van der Waals surface area contributed by atoms with E-state index in [1.165, 1.54) is 55.2 Å². The summed E-state index contributed by atoms with van der Waals surface area (Å²) in [6.07, 6.45) is 7.16. The predicted octanol–water partition coefficient (Wildman–Crippen LogP) is 2.81. The first-order valence-corrected chi connectivity index (χ1v) is 7.96. The minimum atomic E-state index is 0.677. The van der Waals surface area contributed by atoms with E-state index in [9.17, 15) is 0 Å². The largest absolute Gasteiger partial charge is 0.308 e. The molecule has 1 N–H and O–H groups in total. The molecule has 1 fully saturated rings. The lowest BCUT2D eigenvalue weighted by atomic mass is 10.1. The summed E-state index contributed by atoms with van der Waals surface area (Å²) in [5, 5.41) is 4.90. The molecule has 0 bridgehead atoms. The Kier molecular flexibility index (Phi) is 5.60. The van der Waals surface area contributed by atoms with E-state index in [1.54, 1.807) is 11.3 Å². The van der Waals surface area contributed by atoms with Gasteiger partial charge in [-0.05, 0) is 52.2 Å². The van der Waals surface area contributed by atoms with Crippen LogP contribution < -0.4 is 5.32 Å². The molecular weight excluding hydrogens is 242 g/mol. The summed E-state index contributed by atoms with van der Waals surface area (Å²) in [6.45, 7) is 9.13. The van der Waals surface area contributed by atoms with E-state index in [-0.39, 0.29) is 0 Å². The van der Waals surface area contributed by atoms with Crippen molar-refractivity contribution in [1.29, 1.82) is 0 Å². The van der Waals surface area contributed by atoms with Crippen molar-refractivity contribution in [3.63, 3.8) is 0 Å². The fourth-order valence-corrected chi connectivity index (χ4v) is 3.35. The van der Waals surface area contributed by atoms with Crippen molar-refractivity contribution in [2.75, 3.05) is 19.6 Å². The molecule has 3 nitrogen and oxygen atoms in total. The molecule has 2 heterocycles. The third-order valence-corrected chi connectivity index (χ3v) is 4.48. The fraction of sp³-hybridized carbons (Fsp3) is 0.786. The van der Waals surface area contributed by atoms with E-state index in [0.29, 0.717) is 6.04 Å². The van der Waals surface area contributed by atoms with Crippen molar-refractivity contribution in [2.24, 2.45) is 0 Å². The van der Waals surface area contributed by atoms with E-state index >= 15 is 0 Å². The number of aromatic nitrogens is 1. The highest BCUT2D eigenvalue weighted by atomic mass is 32.1. The van der Waals surface area contributed by atoms with Crippen LogP contribution in [-0.4, -0.2) is 35.6 Å². The second-order valence-electron chi connectivity index (χ2n) is 5.22. The van der Waals surface area contributed by atoms with Gasteiger partial charge in [0, 0.05) is 23.7 Å². The van der Waals surface area contributed by atoms with E-state index in [2.05, 4.69) is 29.0 Å². The zero-order chi connectivity index (χ0) is 12.8. The van der Waals surface area contributed by atoms with Crippen LogP contribution in [0.15, 0.2) is 6.20 Å². The number of likely N-dealkylation sites (tertiary alicyclic amines) is 1. The van der Waals surface area contributed by atoms with E-state index in [4.69, 9.17) is 0 Å². The molecule has 1 saturated heterocycles. The first-order chi connectivity index (χ1) is 8.78. The van der Waals surface area contributed by atoms with Crippen LogP contribution >= 0.6 is 11.3 Å². The Labute approximate surface area is 115 Å². The lowest BCUT2D eigenvalue weighted by Gasteiger charge is -2.19. The van der Waals surface area contributed by atoms with Gasteiger partial charge in [-0.25, -0.2) is 4.98 Å². The second-order valence-corrected chi connectivity index (χ2v) is 6.53. The summed E-state index contributed by atoms with van der Waals surface area (Å²) < 4.78 is 0. The monoisotopic (exact) mass is 267 g/mol. The van der Waals surface area contributed by atoms with Gasteiger partial charge in [-0.15, -0.1) is 11.3 Å². The predicted molar refractivity (Wildman–Crippen MR) is 78.1 cm³/mol. The first kappa shape index (κ1) is 14.0. The Balaban J connectivity index is 1.73. The molecule has 0 spiro atoms. The molecule has 2 rings (SSSR count). The van der Waals surface area contributed by atoms with Crippen LogP contribution in [0.1, 0.15) is 42.5 Å². The molecule has 1 aromatic heterocycles. The number of hydrogen-bond donors (Lipinski definition) is 1. The summed E-state index contributed by atoms with van der Waals surface area (Å²) in [4.78, 5) is 8.33. The molecule has 0 aliphatic carbocycles. The third-order valence-electron chi connectivity index (χ3n) is 3.57. The van der Waals surface area contributed by atoms with Crippen LogP contribution in [0.3, 0.4) is 0 Å². The van der Waals surface area contributed by atoms with Gasteiger partial charge in [0.25, 0.3) is 0 Å². The minimum Gasteiger partial charge on any atom is -0.308 e. The minimum absolute atomic E-state index is 0.677. The van der Waals surface area contributed by atoms with Crippen LogP contribution in [0, 0.1) is 6.92 Å². The second kappa shape index (κ2) is 7.22. The van der Waals surface area contributed by atoms with Gasteiger partial charge in [0.05, 0.1) is 0 Å². The van der Waals surface area contributed by atoms with Crippen molar-refractivity contribution in [1.82, 2.24) is 15.2 Å². The zero-order valence-electron chi connectivity index (χ0n) is 11.6. The molecule has 0 radical (unpaired) electrons. The fourth-order valence-electron chi connectivity index (χ4n) is 2.61. The summed E-state index contributed by atoms with van der Waals surface area (Å²) in [6, 6.07) is 0.677. The van der Waals surface area contributed by atoms with Crippen molar-refractivity contribution >= 4 is 11.3 Å². The van der Waals surface area contributed by atoms with Crippen molar-refractivity contribution in [3.8, 4) is 0 Å². The van der Waals surface area contributed by atoms with Crippen LogP contribution in [0.2, 0.25) is 0 Å². The lowest BCUT2D eigenvalue weighted by Crippen LogP contribution is -2.30. The molecule has 1 unspecified atom stereocenters. The van der Waals surface area contributed by atoms with Crippen LogP contribution in [0.5, 0.6) is 0 Å². The SMILES string of the molecule is CCCN1CCCC(NCc2ncc(C)s2)CC1. The van der Waals surface area contributed by atoms with Gasteiger partial charge >= 0.3 is 0 Å². The van der Waals surface area contributed by atoms with Gasteiger partial charge in [-0.2, -0.15) is 0 Å². The molecule has 102 valence electrons. The van der Waals surface area contributed by atoms with Gasteiger partial charge < -0.3 is 10.2 Å². The number of thiazole rings is 1. The van der Waals surface area contributed by atoms with Crippen LogP contribution in [-0.2, 0) is 6.54 Å². The number of nitrogens with zero attached hydrogens (tertiary/aromatic N) is 2. The summed E-state index contributed by atoms with van der Waals surface area (Å²) >= 11 is 1.81. The number of rotatable bonds is 5. The standard InChI is InChI=1S/C14H25N3S/c1-3-7-17-8-4-5-13(6-9-17)15-11-14-16-10-12(2)18-14/h10,13,15H,3-9,11H2,1-2H3. The maximum absolute atomic E-state index is 4.41. The number of nitrogens with one attached hydrogen (secondary N) is 1. The van der Waals surface area contributed by atoms with Crippen molar-refractivity contribution in [3.05, 3.63) is 16.1 Å². The Morgan fingerprint density at radius 2 is 2.33 bits per heavy atom. The molecule has 0 amide bonds. The van der Waals surface area contributed by atoms with Crippen LogP contribution in [0.4, 0.5) is 0 Å². The first-order valence-electron chi connectivity index (χ1n) is 7.15. The van der Waals surface area contributed by atoms with Crippen LogP contribution in [0.25, 0.3) is 0 Å². The average molecular weight is 267 g/mol. The topological polar surface area (TPSA) is 28.2 Å². The third kappa shape index (κ3) is 4.34. The molecule has 1 aromatic rings. The van der Waals surface area contributed by atoms with Gasteiger partial charge in [0.2, 0.25) is 0 Å². The zero-order valence-corrected chi connectivity index (χ0v) is 12.4. The smallest absolute Gasteiger partial charge is 0.107 e. The molecule has 18 heavy (non-hydrogen) atoms. The van der Waals surface area contributed by atoms with E-state index < -0.39 is 0 Å². The molecule has 1 atom stereocenters. The molecular formula is C14H25N3S. The molecule has 1 aliphatic heterocycles.